The van der Waals surface area contributed by atoms with Crippen molar-refractivity contribution in [2.75, 3.05) is 41.7 Å². The van der Waals surface area contributed by atoms with Gasteiger partial charge >= 0.3 is 6.18 Å². The lowest BCUT2D eigenvalue weighted by molar-refractivity contribution is -0.137. The Morgan fingerprint density at radius 1 is 1.20 bits per heavy atom. The molecule has 1 amide bonds. The zero-order chi connectivity index (χ0) is 25.6. The fraction of sp³-hybridized carbons (Fsp3) is 0.261. The number of hydrogen-bond acceptors (Lipinski definition) is 6. The van der Waals surface area contributed by atoms with Crippen LogP contribution in [0.5, 0.6) is 0 Å². The molecular weight excluding hydrogens is 483 g/mol. The number of nitrogens with zero attached hydrogens (tertiary/aromatic N) is 4. The zero-order valence-electron chi connectivity index (χ0n) is 18.9. The quantitative estimate of drug-likeness (QED) is 0.400. The maximum atomic E-state index is 13.0. The third-order valence-electron chi connectivity index (χ3n) is 5.18. The van der Waals surface area contributed by atoms with Crippen LogP contribution in [-0.4, -0.2) is 47.8 Å². The van der Waals surface area contributed by atoms with E-state index in [1.807, 2.05) is 6.07 Å². The van der Waals surface area contributed by atoms with Crippen molar-refractivity contribution in [1.29, 1.82) is 0 Å². The predicted molar refractivity (Wildman–Crippen MR) is 132 cm³/mol. The van der Waals surface area contributed by atoms with E-state index >= 15 is 0 Å². The molecule has 0 atom stereocenters. The van der Waals surface area contributed by atoms with Crippen LogP contribution in [0.25, 0.3) is 0 Å². The van der Waals surface area contributed by atoms with Gasteiger partial charge in [-0.1, -0.05) is 24.2 Å². The monoisotopic (exact) mass is 507 g/mol. The van der Waals surface area contributed by atoms with E-state index in [1.165, 1.54) is 12.1 Å². The van der Waals surface area contributed by atoms with Gasteiger partial charge in [-0.25, -0.2) is 9.98 Å². The molecule has 1 saturated heterocycles. The van der Waals surface area contributed by atoms with Gasteiger partial charge in [-0.2, -0.15) is 13.2 Å². The fourth-order valence-corrected chi connectivity index (χ4v) is 3.46. The van der Waals surface area contributed by atoms with Gasteiger partial charge in [-0.05, 0) is 30.3 Å². The van der Waals surface area contributed by atoms with E-state index in [9.17, 15) is 18.0 Å². The molecule has 0 radical (unpaired) electrons. The first-order valence-corrected chi connectivity index (χ1v) is 11.0. The molecule has 1 fully saturated rings. The number of hydrogen-bond donors (Lipinski definition) is 3. The molecule has 186 valence electrons. The van der Waals surface area contributed by atoms with Crippen LogP contribution in [0.15, 0.2) is 71.2 Å². The van der Waals surface area contributed by atoms with Crippen molar-refractivity contribution in [3.05, 3.63) is 71.8 Å². The molecule has 1 aromatic carbocycles. The SMILES string of the molecule is C=C(N=C(Nc1cccc(C(F)(F)F)c1)/C(Cl)=C\N)Nc1ccc(N2CCN(C(C)=O)CC2)cn1. The van der Waals surface area contributed by atoms with Gasteiger partial charge in [0.15, 0.2) is 5.84 Å². The first-order chi connectivity index (χ1) is 16.6. The molecule has 1 aliphatic heterocycles. The van der Waals surface area contributed by atoms with Crippen LogP contribution in [0.3, 0.4) is 0 Å². The Kier molecular flexibility index (Phi) is 8.23. The third-order valence-corrected chi connectivity index (χ3v) is 5.49. The Hall–Kier alpha value is -3.73. The topological polar surface area (TPSA) is 98.9 Å². The van der Waals surface area contributed by atoms with Crippen molar-refractivity contribution in [3.63, 3.8) is 0 Å². The molecule has 0 saturated carbocycles. The zero-order valence-corrected chi connectivity index (χ0v) is 19.7. The first kappa shape index (κ1) is 25.9. The summed E-state index contributed by atoms with van der Waals surface area (Å²) in [6, 6.07) is 8.22. The molecule has 12 heteroatoms. The molecule has 35 heavy (non-hydrogen) atoms. The Morgan fingerprint density at radius 2 is 1.91 bits per heavy atom. The van der Waals surface area contributed by atoms with Crippen molar-refractivity contribution in [1.82, 2.24) is 9.88 Å². The van der Waals surface area contributed by atoms with E-state index in [-0.39, 0.29) is 28.3 Å². The molecule has 0 unspecified atom stereocenters. The summed E-state index contributed by atoms with van der Waals surface area (Å²) in [5.74, 6) is 0.657. The van der Waals surface area contributed by atoms with Crippen molar-refractivity contribution in [2.45, 2.75) is 13.1 Å². The number of halogens is 4. The minimum absolute atomic E-state index is 0.00551. The summed E-state index contributed by atoms with van der Waals surface area (Å²) < 4.78 is 39.0. The Bertz CT molecular complexity index is 1120. The van der Waals surface area contributed by atoms with E-state index in [0.717, 1.165) is 24.0 Å². The highest BCUT2D eigenvalue weighted by Crippen LogP contribution is 2.31. The van der Waals surface area contributed by atoms with Gasteiger partial charge in [0.1, 0.15) is 11.6 Å². The van der Waals surface area contributed by atoms with Crippen LogP contribution >= 0.6 is 11.6 Å². The number of amides is 1. The molecule has 0 spiro atoms. The molecule has 1 aromatic heterocycles. The van der Waals surface area contributed by atoms with Crippen LogP contribution in [0.4, 0.5) is 30.4 Å². The summed E-state index contributed by atoms with van der Waals surface area (Å²) in [4.78, 5) is 24.0. The number of alkyl halides is 3. The van der Waals surface area contributed by atoms with Crippen molar-refractivity contribution < 1.29 is 18.0 Å². The fourth-order valence-electron chi connectivity index (χ4n) is 3.37. The number of amidine groups is 1. The van der Waals surface area contributed by atoms with E-state index in [4.69, 9.17) is 17.3 Å². The number of aromatic nitrogens is 1. The molecule has 8 nitrogen and oxygen atoms in total. The van der Waals surface area contributed by atoms with Gasteiger partial charge in [0.05, 0.1) is 22.5 Å². The minimum atomic E-state index is -4.49. The lowest BCUT2D eigenvalue weighted by Gasteiger charge is -2.35. The van der Waals surface area contributed by atoms with Gasteiger partial charge < -0.3 is 26.2 Å². The van der Waals surface area contributed by atoms with Gasteiger partial charge in [0, 0.05) is 45.0 Å². The van der Waals surface area contributed by atoms with Crippen molar-refractivity contribution >= 4 is 40.5 Å². The van der Waals surface area contributed by atoms with Crippen LogP contribution < -0.4 is 21.3 Å². The largest absolute Gasteiger partial charge is 0.416 e. The molecule has 0 bridgehead atoms. The Morgan fingerprint density at radius 3 is 2.49 bits per heavy atom. The Balaban J connectivity index is 1.67. The van der Waals surface area contributed by atoms with Crippen LogP contribution in [0.2, 0.25) is 0 Å². The number of pyridine rings is 1. The normalized spacial score (nSPS) is 15.1. The maximum absolute atomic E-state index is 13.0. The summed E-state index contributed by atoms with van der Waals surface area (Å²) in [6.45, 7) is 8.09. The molecule has 0 aliphatic carbocycles. The van der Waals surface area contributed by atoms with Crippen LogP contribution in [-0.2, 0) is 11.0 Å². The average molecular weight is 508 g/mol. The lowest BCUT2D eigenvalue weighted by atomic mass is 10.2. The number of carbonyl (C=O) groups is 1. The number of rotatable bonds is 6. The number of benzene rings is 1. The summed E-state index contributed by atoms with van der Waals surface area (Å²) in [7, 11) is 0. The van der Waals surface area contributed by atoms with Crippen molar-refractivity contribution in [3.8, 4) is 0 Å². The summed E-state index contributed by atoms with van der Waals surface area (Å²) in [5, 5.41) is 5.63. The Labute approximate surface area is 206 Å². The predicted octanol–water partition coefficient (Wildman–Crippen LogP) is 4.20. The molecule has 1 aliphatic rings. The number of nitrogens with one attached hydrogen (secondary N) is 2. The first-order valence-electron chi connectivity index (χ1n) is 10.6. The molecule has 2 aromatic rings. The molecule has 4 N–H and O–H groups in total. The van der Waals surface area contributed by atoms with Crippen LogP contribution in [0, 0.1) is 0 Å². The lowest BCUT2D eigenvalue weighted by Crippen LogP contribution is -2.48. The second-order valence-corrected chi connectivity index (χ2v) is 8.05. The molecular formula is C23H25ClF3N7O. The highest BCUT2D eigenvalue weighted by Gasteiger charge is 2.30. The number of aliphatic imine (C=N–C) groups is 1. The minimum Gasteiger partial charge on any atom is -0.403 e. The molecule has 3 rings (SSSR count). The van der Waals surface area contributed by atoms with Gasteiger partial charge in [0.2, 0.25) is 5.91 Å². The molecule has 2 heterocycles. The number of carbonyl (C=O) groups excluding carboxylic acids is 1. The smallest absolute Gasteiger partial charge is 0.403 e. The third kappa shape index (κ3) is 7.12. The average Bonchev–Trinajstić information content (AvgIpc) is 2.83. The number of nitrogens with two attached hydrogens (primary N) is 1. The standard InChI is InChI=1S/C23H25ClF3N7O/c1-15(30-21-7-6-19(14-29-21)34-10-8-33(9-11-34)16(2)35)31-22(20(24)13-28)32-18-5-3-4-17(12-18)23(25,26)27/h3-7,12-14H,1,8-11,28H2,2H3,(H,29,30)(H,31,32)/b20-13+. The highest BCUT2D eigenvalue weighted by atomic mass is 35.5. The number of piperazine rings is 1. The van der Waals surface area contributed by atoms with E-state index in [1.54, 1.807) is 24.1 Å². The van der Waals surface area contributed by atoms with Crippen molar-refractivity contribution in [2.24, 2.45) is 10.7 Å². The maximum Gasteiger partial charge on any atom is 0.416 e. The van der Waals surface area contributed by atoms with Crippen LogP contribution in [0.1, 0.15) is 12.5 Å². The summed E-state index contributed by atoms with van der Waals surface area (Å²) >= 11 is 6.10. The number of anilines is 3. The highest BCUT2D eigenvalue weighted by molar-refractivity contribution is 6.45. The summed E-state index contributed by atoms with van der Waals surface area (Å²) in [6.07, 6.45) is -1.74. The van der Waals surface area contributed by atoms with Gasteiger partial charge in [-0.15, -0.1) is 0 Å². The van der Waals surface area contributed by atoms with E-state index in [0.29, 0.717) is 32.0 Å². The van der Waals surface area contributed by atoms with Gasteiger partial charge in [-0.3, -0.25) is 4.79 Å². The second-order valence-electron chi connectivity index (χ2n) is 7.65. The van der Waals surface area contributed by atoms with E-state index < -0.39 is 11.7 Å². The van der Waals surface area contributed by atoms with E-state index in [2.05, 4.69) is 32.1 Å². The second kappa shape index (κ2) is 11.1. The summed E-state index contributed by atoms with van der Waals surface area (Å²) in [5.41, 5.74) is 5.70. The van der Waals surface area contributed by atoms with Gasteiger partial charge in [0.25, 0.3) is 0 Å².